The summed E-state index contributed by atoms with van der Waals surface area (Å²) in [4.78, 5) is 10.9. The highest BCUT2D eigenvalue weighted by molar-refractivity contribution is 7.99. The minimum absolute atomic E-state index is 0.258. The maximum atomic E-state index is 10.9. The van der Waals surface area contributed by atoms with Crippen LogP contribution in [0.5, 0.6) is 0 Å². The molecule has 1 aromatic rings. The van der Waals surface area contributed by atoms with E-state index in [0.717, 1.165) is 10.8 Å². The summed E-state index contributed by atoms with van der Waals surface area (Å²) < 4.78 is 9.65. The molecule has 0 atom stereocenters. The van der Waals surface area contributed by atoms with E-state index in [1.165, 1.54) is 7.11 Å². The summed E-state index contributed by atoms with van der Waals surface area (Å²) in [6.07, 6.45) is 0. The minimum atomic E-state index is -0.432. The second-order valence-electron chi connectivity index (χ2n) is 2.04. The maximum absolute atomic E-state index is 10.9. The Kier molecular flexibility index (Phi) is 3.22. The number of methoxy groups -OCH3 is 1. The van der Waals surface area contributed by atoms with Gasteiger partial charge in [-0.3, -0.25) is 0 Å². The van der Waals surface area contributed by atoms with E-state index in [0.29, 0.717) is 0 Å². The number of carbonyl (C=O) groups excluding carboxylic acids is 1. The molecule has 1 heterocycles. The molecule has 0 aliphatic heterocycles. The van der Waals surface area contributed by atoms with Crippen molar-refractivity contribution in [2.24, 2.45) is 0 Å². The van der Waals surface area contributed by atoms with Crippen molar-refractivity contribution in [3.63, 3.8) is 0 Å². The third-order valence-electron chi connectivity index (χ3n) is 1.25. The second-order valence-corrected chi connectivity index (χ2v) is 3.31. The normalized spacial score (nSPS) is 9.83. The Morgan fingerprint density at radius 1 is 1.67 bits per heavy atom. The molecule has 0 saturated heterocycles. The molecule has 1 rings (SSSR count). The Morgan fingerprint density at radius 3 is 3.00 bits per heavy atom. The molecule has 0 amide bonds. The van der Waals surface area contributed by atoms with Crippen LogP contribution in [0, 0.1) is 0 Å². The van der Waals surface area contributed by atoms with Crippen molar-refractivity contribution in [1.29, 1.82) is 0 Å². The summed E-state index contributed by atoms with van der Waals surface area (Å²) in [5, 5.41) is 0.748. The van der Waals surface area contributed by atoms with Crippen LogP contribution < -0.4 is 0 Å². The quantitative estimate of drug-likeness (QED) is 0.535. The fourth-order valence-corrected chi connectivity index (χ4v) is 1.35. The third-order valence-corrected chi connectivity index (χ3v) is 2.05. The number of esters is 1. The van der Waals surface area contributed by atoms with Gasteiger partial charge in [0.25, 0.3) is 0 Å². The van der Waals surface area contributed by atoms with Crippen LogP contribution in [0.3, 0.4) is 0 Å². The van der Waals surface area contributed by atoms with E-state index >= 15 is 0 Å². The lowest BCUT2D eigenvalue weighted by atomic mass is 10.5. The lowest BCUT2D eigenvalue weighted by Crippen LogP contribution is -1.97. The highest BCUT2D eigenvalue weighted by Gasteiger charge is 2.10. The molecule has 0 fully saturated rings. The van der Waals surface area contributed by atoms with Gasteiger partial charge in [0.15, 0.2) is 5.09 Å². The number of furan rings is 1. The molecule has 0 bridgehead atoms. The number of rotatable bonds is 3. The van der Waals surface area contributed by atoms with Crippen LogP contribution >= 0.6 is 11.8 Å². The summed E-state index contributed by atoms with van der Waals surface area (Å²) in [6.45, 7) is 2.02. The lowest BCUT2D eigenvalue weighted by Gasteiger charge is -1.92. The standard InChI is InChI=1S/C8H10O3S/c1-3-12-7-5-4-6(11-7)8(9)10-2/h4-5H,3H2,1-2H3. The van der Waals surface area contributed by atoms with Crippen LogP contribution in [0.4, 0.5) is 0 Å². The zero-order valence-electron chi connectivity index (χ0n) is 6.99. The van der Waals surface area contributed by atoms with Crippen LogP contribution in [-0.4, -0.2) is 18.8 Å². The predicted octanol–water partition coefficient (Wildman–Crippen LogP) is 2.18. The van der Waals surface area contributed by atoms with Crippen molar-refractivity contribution in [2.45, 2.75) is 12.0 Å². The first-order valence-corrected chi connectivity index (χ1v) is 4.57. The van der Waals surface area contributed by atoms with Crippen LogP contribution in [-0.2, 0) is 4.74 Å². The molecule has 3 nitrogen and oxygen atoms in total. The van der Waals surface area contributed by atoms with Gasteiger partial charge in [0, 0.05) is 0 Å². The lowest BCUT2D eigenvalue weighted by molar-refractivity contribution is 0.0559. The number of carbonyl (C=O) groups is 1. The summed E-state index contributed by atoms with van der Waals surface area (Å²) in [5.41, 5.74) is 0. The van der Waals surface area contributed by atoms with E-state index in [9.17, 15) is 4.79 Å². The molecule has 0 aliphatic rings. The first-order valence-electron chi connectivity index (χ1n) is 3.59. The molecule has 0 unspecified atom stereocenters. The Bertz CT molecular complexity index is 267. The minimum Gasteiger partial charge on any atom is -0.463 e. The van der Waals surface area contributed by atoms with E-state index in [-0.39, 0.29) is 5.76 Å². The second kappa shape index (κ2) is 4.21. The van der Waals surface area contributed by atoms with Crippen molar-refractivity contribution >= 4 is 17.7 Å². The molecule has 1 aromatic heterocycles. The fourth-order valence-electron chi connectivity index (χ4n) is 0.750. The molecule has 0 N–H and O–H groups in total. The van der Waals surface area contributed by atoms with Crippen LogP contribution in [0.1, 0.15) is 17.5 Å². The van der Waals surface area contributed by atoms with Crippen molar-refractivity contribution < 1.29 is 13.9 Å². The Balaban J connectivity index is 2.70. The first kappa shape index (κ1) is 9.19. The fraction of sp³-hybridized carbons (Fsp3) is 0.375. The zero-order valence-corrected chi connectivity index (χ0v) is 7.81. The molecule has 12 heavy (non-hydrogen) atoms. The SMILES string of the molecule is CCSc1ccc(C(=O)OC)o1. The van der Waals surface area contributed by atoms with Crippen LogP contribution in [0.25, 0.3) is 0 Å². The van der Waals surface area contributed by atoms with Crippen LogP contribution in [0.15, 0.2) is 21.6 Å². The molecule has 66 valence electrons. The molecule has 0 saturated carbocycles. The average Bonchev–Trinajstić information content (AvgIpc) is 2.52. The summed E-state index contributed by atoms with van der Waals surface area (Å²) in [6, 6.07) is 3.38. The zero-order chi connectivity index (χ0) is 8.97. The van der Waals surface area contributed by atoms with E-state index in [1.807, 2.05) is 6.92 Å². The third kappa shape index (κ3) is 2.04. The summed E-state index contributed by atoms with van der Waals surface area (Å²) >= 11 is 1.55. The van der Waals surface area contributed by atoms with Gasteiger partial charge in [-0.25, -0.2) is 4.79 Å². The number of ether oxygens (including phenoxy) is 1. The number of thioether (sulfide) groups is 1. The van der Waals surface area contributed by atoms with Crippen molar-refractivity contribution in [2.75, 3.05) is 12.9 Å². The predicted molar refractivity (Wildman–Crippen MR) is 46.4 cm³/mol. The van der Waals surface area contributed by atoms with Gasteiger partial charge in [0.2, 0.25) is 5.76 Å². The molecule has 0 aromatic carbocycles. The highest BCUT2D eigenvalue weighted by Crippen LogP contribution is 2.20. The van der Waals surface area contributed by atoms with Gasteiger partial charge in [-0.2, -0.15) is 0 Å². The van der Waals surface area contributed by atoms with Crippen molar-refractivity contribution in [3.05, 3.63) is 17.9 Å². The molecule has 0 spiro atoms. The molecule has 0 aliphatic carbocycles. The van der Waals surface area contributed by atoms with E-state index in [1.54, 1.807) is 23.9 Å². The van der Waals surface area contributed by atoms with Gasteiger partial charge in [0.1, 0.15) is 0 Å². The average molecular weight is 186 g/mol. The van der Waals surface area contributed by atoms with Gasteiger partial charge in [-0.1, -0.05) is 18.7 Å². The Morgan fingerprint density at radius 2 is 2.42 bits per heavy atom. The summed E-state index contributed by atoms with van der Waals surface area (Å²) in [7, 11) is 1.33. The monoisotopic (exact) mass is 186 g/mol. The topological polar surface area (TPSA) is 39.4 Å². The molecular weight excluding hydrogens is 176 g/mol. The van der Waals surface area contributed by atoms with E-state index < -0.39 is 5.97 Å². The van der Waals surface area contributed by atoms with Crippen molar-refractivity contribution in [3.8, 4) is 0 Å². The van der Waals surface area contributed by atoms with Gasteiger partial charge in [-0.05, 0) is 17.9 Å². The Hall–Kier alpha value is -0.900. The van der Waals surface area contributed by atoms with Crippen LogP contribution in [0.2, 0.25) is 0 Å². The number of hydrogen-bond donors (Lipinski definition) is 0. The smallest absolute Gasteiger partial charge is 0.373 e. The molecular formula is C8H10O3S. The van der Waals surface area contributed by atoms with Gasteiger partial charge in [-0.15, -0.1) is 0 Å². The Labute approximate surface area is 75.1 Å². The first-order chi connectivity index (χ1) is 5.77. The van der Waals surface area contributed by atoms with E-state index in [4.69, 9.17) is 4.42 Å². The van der Waals surface area contributed by atoms with Gasteiger partial charge < -0.3 is 9.15 Å². The van der Waals surface area contributed by atoms with Crippen molar-refractivity contribution in [1.82, 2.24) is 0 Å². The maximum Gasteiger partial charge on any atom is 0.373 e. The van der Waals surface area contributed by atoms with Gasteiger partial charge >= 0.3 is 5.97 Å². The number of hydrogen-bond acceptors (Lipinski definition) is 4. The largest absolute Gasteiger partial charge is 0.463 e. The molecule has 4 heteroatoms. The van der Waals surface area contributed by atoms with E-state index in [2.05, 4.69) is 4.74 Å². The molecule has 0 radical (unpaired) electrons. The summed E-state index contributed by atoms with van der Waals surface area (Å²) in [5.74, 6) is 0.750. The van der Waals surface area contributed by atoms with Gasteiger partial charge in [0.05, 0.1) is 7.11 Å². The highest BCUT2D eigenvalue weighted by atomic mass is 32.2.